The van der Waals surface area contributed by atoms with Gasteiger partial charge >= 0.3 is 0 Å². The van der Waals surface area contributed by atoms with Crippen molar-refractivity contribution in [3.05, 3.63) is 34.9 Å². The van der Waals surface area contributed by atoms with Crippen molar-refractivity contribution in [2.75, 3.05) is 0 Å². The maximum absolute atomic E-state index is 11.5. The number of rotatable bonds is 1. The summed E-state index contributed by atoms with van der Waals surface area (Å²) in [5.41, 5.74) is 0.563. The van der Waals surface area contributed by atoms with Crippen molar-refractivity contribution >= 4 is 18.1 Å². The van der Waals surface area contributed by atoms with E-state index in [0.717, 1.165) is 0 Å². The smallest absolute Gasteiger partial charge is 0.275 e. The molecule has 0 spiro atoms. The predicted octanol–water partition coefficient (Wildman–Crippen LogP) is 0.576. The fourth-order valence-electron chi connectivity index (χ4n) is 1.42. The van der Waals surface area contributed by atoms with Gasteiger partial charge < -0.3 is 0 Å². The van der Waals surface area contributed by atoms with E-state index in [9.17, 15) is 14.4 Å². The number of benzene rings is 1. The summed E-state index contributed by atoms with van der Waals surface area (Å²) in [5, 5.41) is 8.57. The molecule has 1 aromatic rings. The largest absolute Gasteiger partial charge is 0.298 e. The average molecular weight is 200 g/mol. The fraction of sp³-hybridized carbons (Fsp3) is 0. The Hall–Kier alpha value is -2.48. The molecule has 0 saturated heterocycles. The Balaban J connectivity index is 2.64. The third-order valence-corrected chi connectivity index (χ3v) is 2.15. The van der Waals surface area contributed by atoms with Crippen LogP contribution in [-0.2, 0) is 0 Å². The van der Waals surface area contributed by atoms with Crippen LogP contribution in [0.1, 0.15) is 31.1 Å². The minimum Gasteiger partial charge on any atom is -0.298 e. The second kappa shape index (κ2) is 3.03. The zero-order valence-corrected chi connectivity index (χ0v) is 7.43. The summed E-state index contributed by atoms with van der Waals surface area (Å²) >= 11 is 0. The lowest BCUT2D eigenvalue weighted by atomic mass is 10.1. The highest BCUT2D eigenvalue weighted by Gasteiger charge is 2.35. The number of carbonyl (C=O) groups excluding carboxylic acids is 3. The van der Waals surface area contributed by atoms with Gasteiger partial charge in [-0.2, -0.15) is 10.2 Å². The van der Waals surface area contributed by atoms with Gasteiger partial charge in [0.15, 0.2) is 6.19 Å². The van der Waals surface area contributed by atoms with E-state index in [4.69, 9.17) is 5.26 Å². The van der Waals surface area contributed by atoms with E-state index in [0.29, 0.717) is 16.7 Å². The predicted molar refractivity (Wildman–Crippen MR) is 47.9 cm³/mol. The summed E-state index contributed by atoms with van der Waals surface area (Å²) in [7, 11) is 0. The van der Waals surface area contributed by atoms with Crippen molar-refractivity contribution in [2.45, 2.75) is 0 Å². The first-order valence-electron chi connectivity index (χ1n) is 4.07. The Morgan fingerprint density at radius 2 is 1.87 bits per heavy atom. The molecule has 0 atom stereocenters. The van der Waals surface area contributed by atoms with Crippen LogP contribution in [-0.4, -0.2) is 23.0 Å². The van der Waals surface area contributed by atoms with Gasteiger partial charge in [0.1, 0.15) is 6.29 Å². The van der Waals surface area contributed by atoms with Gasteiger partial charge in [-0.1, -0.05) is 6.07 Å². The van der Waals surface area contributed by atoms with Crippen LogP contribution in [0, 0.1) is 11.5 Å². The zero-order valence-electron chi connectivity index (χ0n) is 7.43. The standard InChI is InChI=1S/C10H4N2O3/c11-5-12-9(14)7-2-1-6(4-13)3-8(7)10(12)15/h1-4H. The van der Waals surface area contributed by atoms with Crippen molar-refractivity contribution in [2.24, 2.45) is 0 Å². The molecule has 0 aromatic heterocycles. The Kier molecular flexibility index (Phi) is 1.83. The third-order valence-electron chi connectivity index (χ3n) is 2.15. The topological polar surface area (TPSA) is 78.2 Å². The average Bonchev–Trinajstić information content (AvgIpc) is 2.51. The van der Waals surface area contributed by atoms with Crippen LogP contribution in [0.25, 0.3) is 0 Å². The Labute approximate surface area is 84.5 Å². The number of carbonyl (C=O) groups is 3. The van der Waals surface area contributed by atoms with Gasteiger partial charge in [0.2, 0.25) is 0 Å². The van der Waals surface area contributed by atoms with Crippen molar-refractivity contribution in [3.8, 4) is 6.19 Å². The molecule has 0 saturated carbocycles. The van der Waals surface area contributed by atoms with Crippen LogP contribution in [0.3, 0.4) is 0 Å². The van der Waals surface area contributed by atoms with E-state index in [-0.39, 0.29) is 11.1 Å². The normalized spacial score (nSPS) is 13.7. The Morgan fingerprint density at radius 1 is 1.20 bits per heavy atom. The highest BCUT2D eigenvalue weighted by molar-refractivity contribution is 6.22. The highest BCUT2D eigenvalue weighted by Crippen LogP contribution is 2.22. The van der Waals surface area contributed by atoms with Crippen LogP contribution in [0.4, 0.5) is 0 Å². The van der Waals surface area contributed by atoms with E-state index in [1.54, 1.807) is 0 Å². The lowest BCUT2D eigenvalue weighted by Crippen LogP contribution is -2.23. The molecule has 1 aliphatic rings. The summed E-state index contributed by atoms with van der Waals surface area (Å²) in [5.74, 6) is -1.32. The first-order chi connectivity index (χ1) is 7.19. The van der Waals surface area contributed by atoms with Crippen LogP contribution < -0.4 is 0 Å². The number of aldehydes is 1. The lowest BCUT2D eigenvalue weighted by molar-refractivity contribution is 0.0732. The molecular formula is C10H4N2O3. The van der Waals surface area contributed by atoms with Gasteiger partial charge in [-0.3, -0.25) is 14.4 Å². The molecule has 2 amide bonds. The minimum absolute atomic E-state index is 0.103. The van der Waals surface area contributed by atoms with Crippen molar-refractivity contribution in [1.82, 2.24) is 4.90 Å². The molecule has 0 N–H and O–H groups in total. The number of nitriles is 1. The lowest BCUT2D eigenvalue weighted by Gasteiger charge is -1.97. The highest BCUT2D eigenvalue weighted by atomic mass is 16.2. The second-order valence-electron chi connectivity index (χ2n) is 2.97. The second-order valence-corrected chi connectivity index (χ2v) is 2.97. The summed E-state index contributed by atoms with van der Waals surface area (Å²) in [6, 6.07) is 4.11. The maximum atomic E-state index is 11.5. The van der Waals surface area contributed by atoms with E-state index in [2.05, 4.69) is 0 Å². The number of imide groups is 1. The summed E-state index contributed by atoms with van der Waals surface area (Å²) < 4.78 is 0. The van der Waals surface area contributed by atoms with Crippen LogP contribution in [0.2, 0.25) is 0 Å². The van der Waals surface area contributed by atoms with Crippen LogP contribution >= 0.6 is 0 Å². The van der Waals surface area contributed by atoms with E-state index >= 15 is 0 Å². The van der Waals surface area contributed by atoms with Crippen LogP contribution in [0.5, 0.6) is 0 Å². The third kappa shape index (κ3) is 1.12. The fourth-order valence-corrected chi connectivity index (χ4v) is 1.42. The molecule has 1 heterocycles. The van der Waals surface area contributed by atoms with Gasteiger partial charge in [0.05, 0.1) is 11.1 Å². The molecule has 0 bridgehead atoms. The molecule has 0 fully saturated rings. The molecule has 2 rings (SSSR count). The summed E-state index contributed by atoms with van der Waals surface area (Å²) in [4.78, 5) is 33.8. The monoisotopic (exact) mass is 200 g/mol. The van der Waals surface area contributed by atoms with E-state index in [1.807, 2.05) is 0 Å². The van der Waals surface area contributed by atoms with E-state index < -0.39 is 11.8 Å². The molecular weight excluding hydrogens is 196 g/mol. The number of amides is 2. The summed E-state index contributed by atoms with van der Waals surface area (Å²) in [6.45, 7) is 0. The Morgan fingerprint density at radius 3 is 2.47 bits per heavy atom. The number of nitrogens with zero attached hydrogens (tertiary/aromatic N) is 2. The first kappa shape index (κ1) is 9.09. The van der Waals surface area contributed by atoms with Gasteiger partial charge in [-0.15, -0.1) is 0 Å². The quantitative estimate of drug-likeness (QED) is 0.377. The first-order valence-corrected chi connectivity index (χ1v) is 4.07. The van der Waals surface area contributed by atoms with Gasteiger partial charge in [0.25, 0.3) is 11.8 Å². The van der Waals surface area contributed by atoms with Crippen molar-refractivity contribution < 1.29 is 14.4 Å². The SMILES string of the molecule is N#CN1C(=O)c2ccc(C=O)cc2C1=O. The van der Waals surface area contributed by atoms with E-state index in [1.165, 1.54) is 24.4 Å². The molecule has 5 heteroatoms. The maximum Gasteiger partial charge on any atom is 0.275 e. The number of fused-ring (bicyclic) bond motifs is 1. The van der Waals surface area contributed by atoms with Crippen LogP contribution in [0.15, 0.2) is 18.2 Å². The molecule has 72 valence electrons. The molecule has 5 nitrogen and oxygen atoms in total. The van der Waals surface area contributed by atoms with Crippen molar-refractivity contribution in [1.29, 1.82) is 5.26 Å². The number of hydrogen-bond donors (Lipinski definition) is 0. The number of hydrogen-bond acceptors (Lipinski definition) is 4. The van der Waals surface area contributed by atoms with Gasteiger partial charge in [-0.05, 0) is 12.1 Å². The molecule has 0 unspecified atom stereocenters. The molecule has 1 aromatic carbocycles. The minimum atomic E-state index is -0.679. The van der Waals surface area contributed by atoms with Gasteiger partial charge in [-0.25, -0.2) is 0 Å². The van der Waals surface area contributed by atoms with Crippen molar-refractivity contribution in [3.63, 3.8) is 0 Å². The molecule has 0 aliphatic carbocycles. The Bertz CT molecular complexity index is 528. The molecule has 0 radical (unpaired) electrons. The molecule has 15 heavy (non-hydrogen) atoms. The zero-order chi connectivity index (χ0) is 11.0. The van der Waals surface area contributed by atoms with Gasteiger partial charge in [0, 0.05) is 5.56 Å². The summed E-state index contributed by atoms with van der Waals surface area (Å²) in [6.07, 6.45) is 2.07. The molecule has 1 aliphatic heterocycles.